The molecule has 12 heavy (non-hydrogen) atoms. The third-order valence-corrected chi connectivity index (χ3v) is 1.97. The number of benzene rings is 1. The predicted molar refractivity (Wildman–Crippen MR) is 47.0 cm³/mol. The number of hydrogen-bond donors (Lipinski definition) is 0. The van der Waals surface area contributed by atoms with E-state index < -0.39 is 0 Å². The molecule has 0 N–H and O–H groups in total. The van der Waals surface area contributed by atoms with Gasteiger partial charge in [0.1, 0.15) is 12.6 Å². The third kappa shape index (κ3) is 0.863. The molecule has 0 aliphatic carbocycles. The Labute approximate surface area is 70.5 Å². The quantitative estimate of drug-likeness (QED) is 0.633. The minimum absolute atomic E-state index is 1.01. The Morgan fingerprint density at radius 1 is 1.42 bits per heavy atom. The molecule has 0 aliphatic heterocycles. The second-order valence-corrected chi connectivity index (χ2v) is 2.71. The van der Waals surface area contributed by atoms with Gasteiger partial charge in [0.05, 0.1) is 6.20 Å². The van der Waals surface area contributed by atoms with Crippen LogP contribution in [-0.4, -0.2) is 17.1 Å². The van der Waals surface area contributed by atoms with Crippen LogP contribution in [0, 0.1) is 6.92 Å². The van der Waals surface area contributed by atoms with Crippen LogP contribution in [0.5, 0.6) is 0 Å². The first-order valence-corrected chi connectivity index (χ1v) is 3.81. The Balaban J connectivity index is 2.80. The van der Waals surface area contributed by atoms with Crippen molar-refractivity contribution >= 4 is 10.9 Å². The fourth-order valence-electron chi connectivity index (χ4n) is 1.32. The molecule has 3 nitrogen and oxygen atoms in total. The molecule has 2 rings (SSSR count). The Morgan fingerprint density at radius 3 is 3.00 bits per heavy atom. The van der Waals surface area contributed by atoms with E-state index in [0.717, 1.165) is 10.9 Å². The average Bonchev–Trinajstić information content (AvgIpc) is 2.49. The Hall–Kier alpha value is -1.51. The molecule has 1 heterocycles. The van der Waals surface area contributed by atoms with Gasteiger partial charge in [0.2, 0.25) is 0 Å². The molecule has 2 aromatic rings. The summed E-state index contributed by atoms with van der Waals surface area (Å²) in [6.07, 6.45) is 1.81. The monoisotopic (exact) mass is 162 g/mol. The zero-order chi connectivity index (χ0) is 8.55. The van der Waals surface area contributed by atoms with E-state index in [1.165, 1.54) is 10.4 Å². The van der Waals surface area contributed by atoms with E-state index in [2.05, 4.69) is 18.1 Å². The maximum Gasteiger partial charge on any atom is 0.110 e. The van der Waals surface area contributed by atoms with E-state index in [4.69, 9.17) is 4.84 Å². The molecule has 0 atom stereocenters. The molecule has 0 spiro atoms. The highest BCUT2D eigenvalue weighted by Crippen LogP contribution is 2.16. The lowest BCUT2D eigenvalue weighted by Crippen LogP contribution is -2.06. The largest absolute Gasteiger partial charge is 0.400 e. The summed E-state index contributed by atoms with van der Waals surface area (Å²) >= 11 is 0. The molecule has 0 fully saturated rings. The third-order valence-electron chi connectivity index (χ3n) is 1.97. The van der Waals surface area contributed by atoms with E-state index in [0.29, 0.717) is 0 Å². The van der Waals surface area contributed by atoms with Gasteiger partial charge >= 0.3 is 0 Å². The minimum Gasteiger partial charge on any atom is -0.400 e. The van der Waals surface area contributed by atoms with Gasteiger partial charge in [-0.25, -0.2) is 0 Å². The maximum atomic E-state index is 5.03. The normalized spacial score (nSPS) is 10.5. The fourth-order valence-corrected chi connectivity index (χ4v) is 1.32. The second kappa shape index (κ2) is 2.52. The topological polar surface area (TPSA) is 27.1 Å². The van der Waals surface area contributed by atoms with Crippen molar-refractivity contribution in [3.8, 4) is 0 Å². The standard InChI is InChI=1S/C9H10N2O/c1-7-4-3-5-9-8(7)6-10-11(9)12-2/h3-6H,1-2H3. The van der Waals surface area contributed by atoms with Gasteiger partial charge in [0, 0.05) is 5.39 Å². The van der Waals surface area contributed by atoms with Gasteiger partial charge in [-0.05, 0) is 18.6 Å². The molecule has 0 unspecified atom stereocenters. The maximum absolute atomic E-state index is 5.03. The van der Waals surface area contributed by atoms with Gasteiger partial charge < -0.3 is 4.84 Å². The van der Waals surface area contributed by atoms with Crippen molar-refractivity contribution < 1.29 is 4.84 Å². The van der Waals surface area contributed by atoms with Crippen LogP contribution in [0.25, 0.3) is 10.9 Å². The summed E-state index contributed by atoms with van der Waals surface area (Å²) in [6.45, 7) is 2.06. The smallest absolute Gasteiger partial charge is 0.110 e. The van der Waals surface area contributed by atoms with Crippen molar-refractivity contribution in [3.63, 3.8) is 0 Å². The molecule has 0 aliphatic rings. The summed E-state index contributed by atoms with van der Waals surface area (Å²) in [4.78, 5) is 6.54. The van der Waals surface area contributed by atoms with Crippen LogP contribution in [0.2, 0.25) is 0 Å². The molecule has 0 saturated heterocycles. The van der Waals surface area contributed by atoms with E-state index in [-0.39, 0.29) is 0 Å². The first kappa shape index (κ1) is 7.16. The van der Waals surface area contributed by atoms with Crippen LogP contribution in [0.4, 0.5) is 0 Å². The van der Waals surface area contributed by atoms with Gasteiger partial charge in [-0.15, -0.1) is 5.10 Å². The molecule has 0 radical (unpaired) electrons. The summed E-state index contributed by atoms with van der Waals surface area (Å²) < 4.78 is 0. The van der Waals surface area contributed by atoms with E-state index >= 15 is 0 Å². The van der Waals surface area contributed by atoms with Crippen molar-refractivity contribution in [2.45, 2.75) is 6.92 Å². The summed E-state index contributed by atoms with van der Waals surface area (Å²) in [5.74, 6) is 0. The number of fused-ring (bicyclic) bond motifs is 1. The summed E-state index contributed by atoms with van der Waals surface area (Å²) in [5.41, 5.74) is 2.23. The van der Waals surface area contributed by atoms with Gasteiger partial charge in [0.25, 0.3) is 0 Å². The van der Waals surface area contributed by atoms with Crippen molar-refractivity contribution in [2.24, 2.45) is 0 Å². The molecule has 0 saturated carbocycles. The number of hydrogen-bond acceptors (Lipinski definition) is 2. The van der Waals surface area contributed by atoms with Gasteiger partial charge in [0.15, 0.2) is 0 Å². The van der Waals surface area contributed by atoms with Crippen molar-refractivity contribution in [2.75, 3.05) is 7.11 Å². The summed E-state index contributed by atoms with van der Waals surface area (Å²) in [7, 11) is 1.61. The molecule has 1 aromatic carbocycles. The molecule has 62 valence electrons. The van der Waals surface area contributed by atoms with Crippen LogP contribution in [0.3, 0.4) is 0 Å². The fraction of sp³-hybridized carbons (Fsp3) is 0.222. The zero-order valence-electron chi connectivity index (χ0n) is 7.11. The Bertz CT molecular complexity index is 406. The molecule has 0 bridgehead atoms. The highest BCUT2D eigenvalue weighted by Gasteiger charge is 2.02. The highest BCUT2D eigenvalue weighted by molar-refractivity contribution is 5.81. The van der Waals surface area contributed by atoms with Gasteiger partial charge in [-0.2, -0.15) is 0 Å². The van der Waals surface area contributed by atoms with Crippen LogP contribution < -0.4 is 4.84 Å². The highest BCUT2D eigenvalue weighted by atomic mass is 16.7. The number of aromatic nitrogens is 2. The molecular weight excluding hydrogens is 152 g/mol. The van der Waals surface area contributed by atoms with Crippen LogP contribution in [0.15, 0.2) is 24.4 Å². The number of aryl methyl sites for hydroxylation is 1. The lowest BCUT2D eigenvalue weighted by Gasteiger charge is -1.99. The first-order chi connectivity index (χ1) is 5.83. The van der Waals surface area contributed by atoms with Crippen molar-refractivity contribution in [1.29, 1.82) is 0 Å². The van der Waals surface area contributed by atoms with Crippen LogP contribution in [-0.2, 0) is 0 Å². The number of rotatable bonds is 1. The Kier molecular flexibility index (Phi) is 1.50. The van der Waals surface area contributed by atoms with Crippen LogP contribution >= 0.6 is 0 Å². The first-order valence-electron chi connectivity index (χ1n) is 3.81. The SMILES string of the molecule is COn1ncc2c(C)cccc21. The van der Waals surface area contributed by atoms with E-state index in [1.54, 1.807) is 7.11 Å². The summed E-state index contributed by atoms with van der Waals surface area (Å²) in [6, 6.07) is 6.04. The van der Waals surface area contributed by atoms with E-state index in [9.17, 15) is 0 Å². The average molecular weight is 162 g/mol. The Morgan fingerprint density at radius 2 is 2.25 bits per heavy atom. The lowest BCUT2D eigenvalue weighted by molar-refractivity contribution is 0.145. The van der Waals surface area contributed by atoms with Crippen molar-refractivity contribution in [1.82, 2.24) is 9.94 Å². The number of nitrogens with zero attached hydrogens (tertiary/aromatic N) is 2. The van der Waals surface area contributed by atoms with Crippen molar-refractivity contribution in [3.05, 3.63) is 30.0 Å². The second-order valence-electron chi connectivity index (χ2n) is 2.71. The molecular formula is C9H10N2O. The minimum atomic E-state index is 1.01. The predicted octanol–water partition coefficient (Wildman–Crippen LogP) is 1.40. The zero-order valence-corrected chi connectivity index (χ0v) is 7.11. The van der Waals surface area contributed by atoms with Gasteiger partial charge in [-0.3, -0.25) is 0 Å². The van der Waals surface area contributed by atoms with E-state index in [1.807, 2.05) is 18.3 Å². The van der Waals surface area contributed by atoms with Crippen LogP contribution in [0.1, 0.15) is 5.56 Å². The molecule has 3 heteroatoms. The molecule has 0 amide bonds. The van der Waals surface area contributed by atoms with Gasteiger partial charge in [-0.1, -0.05) is 17.0 Å². The summed E-state index contributed by atoms with van der Waals surface area (Å²) in [5, 5.41) is 5.21. The molecule has 1 aromatic heterocycles. The lowest BCUT2D eigenvalue weighted by atomic mass is 10.1.